The van der Waals surface area contributed by atoms with Gasteiger partial charge in [-0.05, 0) is 48.5 Å². The second-order valence-electron chi connectivity index (χ2n) is 4.70. The van der Waals surface area contributed by atoms with Gasteiger partial charge < -0.3 is 10.6 Å². The molecule has 0 spiro atoms. The van der Waals surface area contributed by atoms with Gasteiger partial charge in [0.15, 0.2) is 5.11 Å². The third kappa shape index (κ3) is 4.69. The molecule has 5 heteroatoms. The van der Waals surface area contributed by atoms with Crippen molar-refractivity contribution in [3.05, 3.63) is 70.5 Å². The second kappa shape index (κ2) is 7.38. The zero-order chi connectivity index (χ0) is 15.2. The first-order chi connectivity index (χ1) is 10.1. The van der Waals surface area contributed by atoms with E-state index in [9.17, 15) is 4.39 Å². The molecule has 0 amide bonds. The van der Waals surface area contributed by atoms with Crippen LogP contribution in [-0.4, -0.2) is 5.11 Å². The van der Waals surface area contributed by atoms with Crippen LogP contribution >= 0.6 is 23.8 Å². The van der Waals surface area contributed by atoms with Crippen LogP contribution in [0.2, 0.25) is 5.02 Å². The van der Waals surface area contributed by atoms with Crippen LogP contribution in [0.5, 0.6) is 0 Å². The van der Waals surface area contributed by atoms with Gasteiger partial charge in [0.2, 0.25) is 0 Å². The summed E-state index contributed by atoms with van der Waals surface area (Å²) in [6.07, 6.45) is 0. The molecule has 0 aromatic heterocycles. The number of benzene rings is 2. The Hall–Kier alpha value is -1.65. The standard InChI is InChI=1S/C16H16ClFN2S/c1-11(14-4-2-3-5-15(14)17)20-16(21)19-10-12-6-8-13(18)9-7-12/h2-9,11H,10H2,1H3,(H2,19,20,21)/t11-/m1/s1. The lowest BCUT2D eigenvalue weighted by molar-refractivity contribution is 0.626. The highest BCUT2D eigenvalue weighted by Gasteiger charge is 2.09. The lowest BCUT2D eigenvalue weighted by Gasteiger charge is -2.18. The summed E-state index contributed by atoms with van der Waals surface area (Å²) in [4.78, 5) is 0. The van der Waals surface area contributed by atoms with Gasteiger partial charge in [0, 0.05) is 11.6 Å². The summed E-state index contributed by atoms with van der Waals surface area (Å²) in [5.41, 5.74) is 1.95. The van der Waals surface area contributed by atoms with E-state index < -0.39 is 0 Å². The minimum absolute atomic E-state index is 0.00641. The van der Waals surface area contributed by atoms with Crippen molar-refractivity contribution in [1.29, 1.82) is 0 Å². The Morgan fingerprint density at radius 3 is 2.52 bits per heavy atom. The van der Waals surface area contributed by atoms with E-state index in [-0.39, 0.29) is 11.9 Å². The fourth-order valence-electron chi connectivity index (χ4n) is 1.94. The Balaban J connectivity index is 1.87. The van der Waals surface area contributed by atoms with Crippen molar-refractivity contribution in [3.63, 3.8) is 0 Å². The molecule has 0 heterocycles. The van der Waals surface area contributed by atoms with Gasteiger partial charge >= 0.3 is 0 Å². The van der Waals surface area contributed by atoms with Crippen molar-refractivity contribution in [2.24, 2.45) is 0 Å². The number of hydrogen-bond donors (Lipinski definition) is 2. The molecule has 0 bridgehead atoms. The van der Waals surface area contributed by atoms with E-state index in [4.69, 9.17) is 23.8 Å². The fourth-order valence-corrected chi connectivity index (χ4v) is 2.48. The van der Waals surface area contributed by atoms with E-state index in [2.05, 4.69) is 10.6 Å². The Morgan fingerprint density at radius 1 is 1.19 bits per heavy atom. The van der Waals surface area contributed by atoms with Gasteiger partial charge in [-0.1, -0.05) is 41.9 Å². The molecule has 110 valence electrons. The van der Waals surface area contributed by atoms with Crippen molar-refractivity contribution in [1.82, 2.24) is 10.6 Å². The Bertz CT molecular complexity index is 616. The van der Waals surface area contributed by atoms with E-state index in [1.54, 1.807) is 12.1 Å². The Kier molecular flexibility index (Phi) is 5.53. The third-order valence-corrected chi connectivity index (χ3v) is 3.69. The number of nitrogens with one attached hydrogen (secondary N) is 2. The third-order valence-electron chi connectivity index (χ3n) is 3.09. The quantitative estimate of drug-likeness (QED) is 0.825. The maximum absolute atomic E-state index is 12.8. The first-order valence-electron chi connectivity index (χ1n) is 6.59. The minimum atomic E-state index is -0.244. The Labute approximate surface area is 134 Å². The number of halogens is 2. The smallest absolute Gasteiger partial charge is 0.167 e. The summed E-state index contributed by atoms with van der Waals surface area (Å²) in [5, 5.41) is 7.52. The number of rotatable bonds is 4. The van der Waals surface area contributed by atoms with Gasteiger partial charge in [-0.15, -0.1) is 0 Å². The first kappa shape index (κ1) is 15.7. The highest BCUT2D eigenvalue weighted by atomic mass is 35.5. The van der Waals surface area contributed by atoms with E-state index >= 15 is 0 Å². The molecule has 0 aliphatic heterocycles. The van der Waals surface area contributed by atoms with Crippen LogP contribution in [0.15, 0.2) is 48.5 Å². The van der Waals surface area contributed by atoms with Crippen molar-refractivity contribution in [3.8, 4) is 0 Å². The van der Waals surface area contributed by atoms with Gasteiger partial charge in [0.05, 0.1) is 6.04 Å². The normalized spacial score (nSPS) is 11.8. The molecule has 2 aromatic carbocycles. The van der Waals surface area contributed by atoms with Crippen LogP contribution in [0.1, 0.15) is 24.1 Å². The predicted molar refractivity (Wildman–Crippen MR) is 88.8 cm³/mol. The second-order valence-corrected chi connectivity index (χ2v) is 5.51. The minimum Gasteiger partial charge on any atom is -0.359 e. The molecule has 21 heavy (non-hydrogen) atoms. The molecule has 2 rings (SSSR count). The summed E-state index contributed by atoms with van der Waals surface area (Å²) < 4.78 is 12.8. The monoisotopic (exact) mass is 322 g/mol. The maximum atomic E-state index is 12.8. The first-order valence-corrected chi connectivity index (χ1v) is 7.38. The molecule has 0 saturated carbocycles. The summed E-state index contributed by atoms with van der Waals surface area (Å²) in [5.74, 6) is -0.244. The zero-order valence-corrected chi connectivity index (χ0v) is 13.1. The van der Waals surface area contributed by atoms with E-state index in [1.807, 2.05) is 31.2 Å². The van der Waals surface area contributed by atoms with Crippen LogP contribution in [-0.2, 0) is 6.54 Å². The molecule has 0 aliphatic rings. The SMILES string of the molecule is C[C@@H](NC(=S)NCc1ccc(F)cc1)c1ccccc1Cl. The molecular weight excluding hydrogens is 307 g/mol. The lowest BCUT2D eigenvalue weighted by atomic mass is 10.1. The Morgan fingerprint density at radius 2 is 1.86 bits per heavy atom. The number of hydrogen-bond acceptors (Lipinski definition) is 1. The molecule has 2 nitrogen and oxygen atoms in total. The van der Waals surface area contributed by atoms with Gasteiger partial charge in [0.1, 0.15) is 5.82 Å². The van der Waals surface area contributed by atoms with Gasteiger partial charge in [-0.2, -0.15) is 0 Å². The summed E-state index contributed by atoms with van der Waals surface area (Å²) in [6.45, 7) is 2.54. The highest BCUT2D eigenvalue weighted by molar-refractivity contribution is 7.80. The average molecular weight is 323 g/mol. The van der Waals surface area contributed by atoms with Crippen molar-refractivity contribution < 1.29 is 4.39 Å². The fraction of sp³-hybridized carbons (Fsp3) is 0.188. The van der Waals surface area contributed by atoms with Crippen molar-refractivity contribution in [2.45, 2.75) is 19.5 Å². The molecule has 0 fully saturated rings. The molecular formula is C16H16ClFN2S. The molecule has 0 unspecified atom stereocenters. The predicted octanol–water partition coefficient (Wildman–Crippen LogP) is 4.20. The summed E-state index contributed by atoms with van der Waals surface area (Å²) in [7, 11) is 0. The zero-order valence-electron chi connectivity index (χ0n) is 11.6. The van der Waals surface area contributed by atoms with Gasteiger partial charge in [-0.3, -0.25) is 0 Å². The average Bonchev–Trinajstić information content (AvgIpc) is 2.47. The van der Waals surface area contributed by atoms with Crippen LogP contribution in [0.25, 0.3) is 0 Å². The lowest BCUT2D eigenvalue weighted by Crippen LogP contribution is -2.36. The molecule has 0 saturated heterocycles. The van der Waals surface area contributed by atoms with Gasteiger partial charge in [-0.25, -0.2) is 4.39 Å². The molecule has 0 aliphatic carbocycles. The van der Waals surface area contributed by atoms with E-state index in [0.29, 0.717) is 16.7 Å². The van der Waals surface area contributed by atoms with Crippen molar-refractivity contribution in [2.75, 3.05) is 0 Å². The highest BCUT2D eigenvalue weighted by Crippen LogP contribution is 2.21. The molecule has 2 aromatic rings. The topological polar surface area (TPSA) is 24.1 Å². The van der Waals surface area contributed by atoms with Crippen molar-refractivity contribution >= 4 is 28.9 Å². The maximum Gasteiger partial charge on any atom is 0.167 e. The molecule has 1 atom stereocenters. The van der Waals surface area contributed by atoms with Crippen LogP contribution < -0.4 is 10.6 Å². The van der Waals surface area contributed by atoms with E-state index in [1.165, 1.54) is 12.1 Å². The molecule has 2 N–H and O–H groups in total. The summed E-state index contributed by atoms with van der Waals surface area (Å²) >= 11 is 11.4. The van der Waals surface area contributed by atoms with Crippen LogP contribution in [0.4, 0.5) is 4.39 Å². The molecule has 0 radical (unpaired) electrons. The van der Waals surface area contributed by atoms with Crippen LogP contribution in [0, 0.1) is 5.82 Å². The largest absolute Gasteiger partial charge is 0.359 e. The number of thiocarbonyl (C=S) groups is 1. The van der Waals surface area contributed by atoms with Crippen LogP contribution in [0.3, 0.4) is 0 Å². The van der Waals surface area contributed by atoms with Gasteiger partial charge in [0.25, 0.3) is 0 Å². The summed E-state index contributed by atoms with van der Waals surface area (Å²) in [6, 6.07) is 14.0. The van der Waals surface area contributed by atoms with E-state index in [0.717, 1.165) is 11.1 Å².